The van der Waals surface area contributed by atoms with E-state index < -0.39 is 21.9 Å². The normalized spacial score (nSPS) is 15.2. The Balaban J connectivity index is 1.57. The Labute approximate surface area is 216 Å². The van der Waals surface area contributed by atoms with E-state index in [0.717, 1.165) is 22.9 Å². The molecule has 3 aromatic carbocycles. The second kappa shape index (κ2) is 11.5. The number of hydrogen-bond donors (Lipinski definition) is 3. The van der Waals surface area contributed by atoms with Crippen LogP contribution in [0, 0.1) is 0 Å². The SMILES string of the molecule is COC(=O)c1ccc2c(c1)NC(=O)C2C(=Nc1ccc(CNCCNS(C)(=O)=O)cc1)c1ccccc1. The van der Waals surface area contributed by atoms with Gasteiger partial charge in [0.05, 0.1) is 30.3 Å². The number of methoxy groups -OCH3 is 1. The highest BCUT2D eigenvalue weighted by atomic mass is 32.2. The molecule has 9 nitrogen and oxygen atoms in total. The molecule has 1 aliphatic heterocycles. The van der Waals surface area contributed by atoms with Crippen LogP contribution in [-0.4, -0.2) is 52.5 Å². The summed E-state index contributed by atoms with van der Waals surface area (Å²) in [5, 5.41) is 6.07. The fraction of sp³-hybridized carbons (Fsp3) is 0.222. The molecule has 10 heteroatoms. The molecule has 0 aromatic heterocycles. The number of carbonyl (C=O) groups excluding carboxylic acids is 2. The van der Waals surface area contributed by atoms with Gasteiger partial charge in [-0.1, -0.05) is 48.5 Å². The lowest BCUT2D eigenvalue weighted by atomic mass is 9.90. The van der Waals surface area contributed by atoms with Crippen molar-refractivity contribution in [3.8, 4) is 0 Å². The topological polar surface area (TPSA) is 126 Å². The summed E-state index contributed by atoms with van der Waals surface area (Å²) in [6.07, 6.45) is 1.13. The van der Waals surface area contributed by atoms with Gasteiger partial charge in [0.15, 0.2) is 0 Å². The van der Waals surface area contributed by atoms with Gasteiger partial charge in [0.25, 0.3) is 0 Å². The van der Waals surface area contributed by atoms with Crippen molar-refractivity contribution in [2.24, 2.45) is 4.99 Å². The van der Waals surface area contributed by atoms with Gasteiger partial charge < -0.3 is 15.4 Å². The zero-order chi connectivity index (χ0) is 26.4. The number of amides is 1. The number of ether oxygens (including phenoxy) is 1. The first-order valence-electron chi connectivity index (χ1n) is 11.7. The van der Waals surface area contributed by atoms with Gasteiger partial charge in [-0.05, 0) is 41.0 Å². The van der Waals surface area contributed by atoms with Crippen molar-refractivity contribution < 1.29 is 22.7 Å². The number of carbonyl (C=O) groups is 2. The molecule has 1 unspecified atom stereocenters. The smallest absolute Gasteiger partial charge is 0.337 e. The van der Waals surface area contributed by atoms with Gasteiger partial charge in [-0.15, -0.1) is 0 Å². The minimum atomic E-state index is -3.20. The molecule has 1 aliphatic rings. The average molecular weight is 521 g/mol. The molecule has 4 rings (SSSR count). The molecule has 1 heterocycles. The Bertz CT molecular complexity index is 1420. The minimum absolute atomic E-state index is 0.219. The van der Waals surface area contributed by atoms with Gasteiger partial charge in [0.1, 0.15) is 5.92 Å². The Hall–Kier alpha value is -3.86. The number of sulfonamides is 1. The Morgan fingerprint density at radius 1 is 1.00 bits per heavy atom. The molecule has 192 valence electrons. The highest BCUT2D eigenvalue weighted by molar-refractivity contribution is 7.88. The van der Waals surface area contributed by atoms with Crippen molar-refractivity contribution in [2.45, 2.75) is 12.5 Å². The van der Waals surface area contributed by atoms with Crippen molar-refractivity contribution in [1.82, 2.24) is 10.0 Å². The fourth-order valence-corrected chi connectivity index (χ4v) is 4.54. The summed E-state index contributed by atoms with van der Waals surface area (Å²) in [7, 11) is -1.89. The summed E-state index contributed by atoms with van der Waals surface area (Å²) in [6, 6.07) is 22.2. The van der Waals surface area contributed by atoms with E-state index in [4.69, 9.17) is 9.73 Å². The highest BCUT2D eigenvalue weighted by Gasteiger charge is 2.36. The molecule has 0 bridgehead atoms. The predicted octanol–water partition coefficient (Wildman–Crippen LogP) is 2.97. The van der Waals surface area contributed by atoms with Crippen LogP contribution in [0.2, 0.25) is 0 Å². The number of fused-ring (bicyclic) bond motifs is 1. The zero-order valence-corrected chi connectivity index (χ0v) is 21.3. The van der Waals surface area contributed by atoms with Crippen LogP contribution in [0.25, 0.3) is 0 Å². The lowest BCUT2D eigenvalue weighted by Gasteiger charge is -2.14. The number of aliphatic imine (C=N–C) groups is 1. The monoisotopic (exact) mass is 520 g/mol. The van der Waals surface area contributed by atoms with Crippen LogP contribution in [0.1, 0.15) is 33.0 Å². The molecular weight excluding hydrogens is 492 g/mol. The maximum Gasteiger partial charge on any atom is 0.337 e. The van der Waals surface area contributed by atoms with Gasteiger partial charge in [0, 0.05) is 25.3 Å². The third kappa shape index (κ3) is 6.67. The quantitative estimate of drug-likeness (QED) is 0.214. The number of nitrogens with one attached hydrogen (secondary N) is 3. The van der Waals surface area contributed by atoms with E-state index in [1.54, 1.807) is 18.2 Å². The number of esters is 1. The third-order valence-corrected chi connectivity index (χ3v) is 6.56. The Morgan fingerprint density at radius 3 is 2.41 bits per heavy atom. The molecular formula is C27H28N4O5S. The predicted molar refractivity (Wildman–Crippen MR) is 143 cm³/mol. The number of rotatable bonds is 10. The first kappa shape index (κ1) is 26.2. The molecule has 1 amide bonds. The van der Waals surface area contributed by atoms with Gasteiger partial charge in [-0.3, -0.25) is 9.79 Å². The molecule has 3 N–H and O–H groups in total. The molecule has 3 aromatic rings. The fourth-order valence-electron chi connectivity index (χ4n) is 4.07. The van der Waals surface area contributed by atoms with Gasteiger partial charge in [-0.25, -0.2) is 17.9 Å². The summed E-state index contributed by atoms with van der Waals surface area (Å²) in [5.74, 6) is -1.34. The molecule has 1 atom stereocenters. The van der Waals surface area contributed by atoms with Crippen LogP contribution in [0.15, 0.2) is 77.8 Å². The van der Waals surface area contributed by atoms with Crippen LogP contribution < -0.4 is 15.4 Å². The van der Waals surface area contributed by atoms with Gasteiger partial charge in [-0.2, -0.15) is 0 Å². The summed E-state index contributed by atoms with van der Waals surface area (Å²) in [4.78, 5) is 29.9. The average Bonchev–Trinajstić information content (AvgIpc) is 3.22. The third-order valence-electron chi connectivity index (χ3n) is 5.83. The summed E-state index contributed by atoms with van der Waals surface area (Å²) in [5.41, 5.74) is 4.78. The lowest BCUT2D eigenvalue weighted by Crippen LogP contribution is -2.30. The molecule has 0 radical (unpaired) electrons. The van der Waals surface area contributed by atoms with Gasteiger partial charge >= 0.3 is 5.97 Å². The molecule has 0 spiro atoms. The van der Waals surface area contributed by atoms with E-state index in [9.17, 15) is 18.0 Å². The van der Waals surface area contributed by atoms with Gasteiger partial charge in [0.2, 0.25) is 15.9 Å². The Morgan fingerprint density at radius 2 is 1.73 bits per heavy atom. The van der Waals surface area contributed by atoms with Crippen LogP contribution in [-0.2, 0) is 26.1 Å². The summed E-state index contributed by atoms with van der Waals surface area (Å²) < 4.78 is 29.5. The minimum Gasteiger partial charge on any atom is -0.465 e. The van der Waals surface area contributed by atoms with Crippen LogP contribution in [0.4, 0.5) is 11.4 Å². The molecule has 0 saturated heterocycles. The van der Waals surface area contributed by atoms with Crippen molar-refractivity contribution >= 4 is 39.0 Å². The second-order valence-electron chi connectivity index (χ2n) is 8.59. The summed E-state index contributed by atoms with van der Waals surface area (Å²) in [6.45, 7) is 1.38. The van der Waals surface area contributed by atoms with E-state index >= 15 is 0 Å². The molecule has 0 fully saturated rings. The van der Waals surface area contributed by atoms with Crippen LogP contribution >= 0.6 is 0 Å². The number of anilines is 1. The van der Waals surface area contributed by atoms with E-state index in [2.05, 4.69) is 15.4 Å². The number of nitrogens with zero attached hydrogens (tertiary/aromatic N) is 1. The first-order valence-corrected chi connectivity index (χ1v) is 13.6. The molecule has 0 aliphatic carbocycles. The van der Waals surface area contributed by atoms with Crippen molar-refractivity contribution in [1.29, 1.82) is 0 Å². The standard InChI is InChI=1S/C27H28N4O5S/c1-36-27(33)20-10-13-22-23(16-20)31-26(32)24(22)25(19-6-4-3-5-7-19)30-21-11-8-18(9-12-21)17-28-14-15-29-37(2,34)35/h3-13,16,24,28-29H,14-15,17H2,1-2H3,(H,31,32). The highest BCUT2D eigenvalue weighted by Crippen LogP contribution is 2.37. The largest absolute Gasteiger partial charge is 0.465 e. The summed E-state index contributed by atoms with van der Waals surface area (Å²) >= 11 is 0. The van der Waals surface area contributed by atoms with Crippen LogP contribution in [0.3, 0.4) is 0 Å². The van der Waals surface area contributed by atoms with Crippen molar-refractivity contribution in [3.05, 3.63) is 95.1 Å². The second-order valence-corrected chi connectivity index (χ2v) is 10.4. The number of hydrogen-bond acceptors (Lipinski definition) is 7. The molecule has 37 heavy (non-hydrogen) atoms. The Kier molecular flexibility index (Phi) is 8.12. The van der Waals surface area contributed by atoms with E-state index in [1.807, 2.05) is 54.6 Å². The van der Waals surface area contributed by atoms with E-state index in [1.165, 1.54) is 7.11 Å². The molecule has 0 saturated carbocycles. The van der Waals surface area contributed by atoms with Crippen molar-refractivity contribution in [2.75, 3.05) is 31.8 Å². The van der Waals surface area contributed by atoms with Crippen molar-refractivity contribution in [3.63, 3.8) is 0 Å². The zero-order valence-electron chi connectivity index (χ0n) is 20.5. The maximum atomic E-state index is 13.1. The first-order chi connectivity index (χ1) is 17.7. The lowest BCUT2D eigenvalue weighted by molar-refractivity contribution is -0.115. The van der Waals surface area contributed by atoms with E-state index in [-0.39, 0.29) is 5.91 Å². The van der Waals surface area contributed by atoms with E-state index in [0.29, 0.717) is 42.3 Å². The number of benzene rings is 3. The van der Waals surface area contributed by atoms with Crippen LogP contribution in [0.5, 0.6) is 0 Å². The maximum absolute atomic E-state index is 13.1.